The van der Waals surface area contributed by atoms with Crippen molar-refractivity contribution in [2.75, 3.05) is 13.1 Å². The Hall–Kier alpha value is -0.350. The number of hydrogen-bond donors (Lipinski definition) is 1. The average molecular weight is 387 g/mol. The summed E-state index contributed by atoms with van der Waals surface area (Å²) in [6.45, 7) is 6.45. The lowest BCUT2D eigenvalue weighted by Crippen LogP contribution is -2.26. The first-order valence-corrected chi connectivity index (χ1v) is 9.24. The average Bonchev–Trinajstić information content (AvgIpc) is 2.83. The van der Waals surface area contributed by atoms with Gasteiger partial charge in [-0.2, -0.15) is 0 Å². The highest BCUT2D eigenvalue weighted by Gasteiger charge is 2.16. The van der Waals surface area contributed by atoms with E-state index >= 15 is 0 Å². The molecule has 0 aliphatic carbocycles. The third-order valence-corrected chi connectivity index (χ3v) is 5.35. The Bertz CT molecular complexity index is 567. The van der Waals surface area contributed by atoms with Gasteiger partial charge in [0, 0.05) is 22.4 Å². The predicted octanol–water partition coefficient (Wildman–Crippen LogP) is 5.74. The molecular formula is C17H21BrClNS. The zero-order valence-electron chi connectivity index (χ0n) is 12.4. The van der Waals surface area contributed by atoms with E-state index in [0.29, 0.717) is 11.8 Å². The molecule has 0 bridgehead atoms. The second-order valence-electron chi connectivity index (χ2n) is 5.68. The van der Waals surface area contributed by atoms with E-state index in [2.05, 4.69) is 59.4 Å². The molecule has 2 aromatic rings. The van der Waals surface area contributed by atoms with E-state index in [1.807, 2.05) is 12.1 Å². The minimum absolute atomic E-state index is 0.406. The maximum Gasteiger partial charge on any atom is 0.0701 e. The van der Waals surface area contributed by atoms with Crippen molar-refractivity contribution in [2.45, 2.75) is 26.2 Å². The van der Waals surface area contributed by atoms with Gasteiger partial charge in [0.2, 0.25) is 0 Å². The van der Waals surface area contributed by atoms with Crippen molar-refractivity contribution >= 4 is 38.9 Å². The highest BCUT2D eigenvalue weighted by atomic mass is 79.9. The minimum atomic E-state index is 0.406. The molecule has 114 valence electrons. The minimum Gasteiger partial charge on any atom is -0.316 e. The van der Waals surface area contributed by atoms with Crippen LogP contribution < -0.4 is 5.32 Å². The molecule has 0 saturated carbocycles. The van der Waals surface area contributed by atoms with E-state index in [1.54, 1.807) is 11.3 Å². The van der Waals surface area contributed by atoms with Gasteiger partial charge in [0.1, 0.15) is 0 Å². The first-order chi connectivity index (χ1) is 10.1. The number of rotatable bonds is 7. The van der Waals surface area contributed by atoms with Crippen LogP contribution in [0.3, 0.4) is 0 Å². The summed E-state index contributed by atoms with van der Waals surface area (Å²) >= 11 is 11.7. The number of benzene rings is 1. The van der Waals surface area contributed by atoms with E-state index in [0.717, 1.165) is 24.5 Å². The van der Waals surface area contributed by atoms with E-state index in [4.69, 9.17) is 11.6 Å². The fourth-order valence-electron chi connectivity index (χ4n) is 2.35. The summed E-state index contributed by atoms with van der Waals surface area (Å²) in [6.07, 6.45) is 1.02. The van der Waals surface area contributed by atoms with Gasteiger partial charge >= 0.3 is 0 Å². The standard InChI is InChI=1S/C17H21BrClNS/c1-12(2)10-20-11-13(9-14-7-8-17(18)21-14)15-5-3-4-6-16(15)19/h3-8,12-13,20H,9-11H2,1-2H3. The normalized spacial score (nSPS) is 12.8. The molecule has 1 heterocycles. The molecule has 2 rings (SSSR count). The van der Waals surface area contributed by atoms with Gasteiger partial charge in [0.05, 0.1) is 3.79 Å². The highest BCUT2D eigenvalue weighted by molar-refractivity contribution is 9.11. The molecule has 0 saturated heterocycles. The van der Waals surface area contributed by atoms with Crippen LogP contribution in [0.1, 0.15) is 30.2 Å². The Morgan fingerprint density at radius 3 is 2.52 bits per heavy atom. The zero-order chi connectivity index (χ0) is 15.2. The van der Waals surface area contributed by atoms with Gasteiger partial charge in [-0.1, -0.05) is 43.6 Å². The van der Waals surface area contributed by atoms with Crippen molar-refractivity contribution in [3.05, 3.63) is 55.6 Å². The molecule has 1 atom stereocenters. The molecule has 0 aliphatic heterocycles. The van der Waals surface area contributed by atoms with Gasteiger partial charge in [-0.3, -0.25) is 0 Å². The van der Waals surface area contributed by atoms with Crippen molar-refractivity contribution in [3.8, 4) is 0 Å². The van der Waals surface area contributed by atoms with Gasteiger partial charge in [-0.05, 0) is 58.6 Å². The number of hydrogen-bond acceptors (Lipinski definition) is 2. The summed E-state index contributed by atoms with van der Waals surface area (Å²) in [5, 5.41) is 4.44. The molecule has 1 nitrogen and oxygen atoms in total. The second-order valence-corrected chi connectivity index (χ2v) is 8.64. The molecule has 1 aromatic carbocycles. The van der Waals surface area contributed by atoms with Crippen molar-refractivity contribution < 1.29 is 0 Å². The maximum absolute atomic E-state index is 6.40. The van der Waals surface area contributed by atoms with E-state index in [-0.39, 0.29) is 0 Å². The molecule has 1 unspecified atom stereocenters. The van der Waals surface area contributed by atoms with Gasteiger partial charge in [-0.15, -0.1) is 11.3 Å². The van der Waals surface area contributed by atoms with Crippen LogP contribution in [0.15, 0.2) is 40.2 Å². The Morgan fingerprint density at radius 2 is 1.90 bits per heavy atom. The van der Waals surface area contributed by atoms with Crippen molar-refractivity contribution in [1.29, 1.82) is 0 Å². The Kier molecular flexibility index (Phi) is 6.74. The van der Waals surface area contributed by atoms with Gasteiger partial charge in [-0.25, -0.2) is 0 Å². The van der Waals surface area contributed by atoms with Crippen molar-refractivity contribution in [2.24, 2.45) is 5.92 Å². The maximum atomic E-state index is 6.40. The molecule has 1 N–H and O–H groups in total. The third kappa shape index (κ3) is 5.41. The quantitative estimate of drug-likeness (QED) is 0.640. The lowest BCUT2D eigenvalue weighted by atomic mass is 9.94. The molecule has 0 fully saturated rings. The van der Waals surface area contributed by atoms with Crippen LogP contribution in [0.4, 0.5) is 0 Å². The lowest BCUT2D eigenvalue weighted by Gasteiger charge is -2.19. The molecule has 0 amide bonds. The van der Waals surface area contributed by atoms with Crippen LogP contribution in [-0.2, 0) is 6.42 Å². The van der Waals surface area contributed by atoms with Crippen LogP contribution in [0, 0.1) is 5.92 Å². The molecular weight excluding hydrogens is 366 g/mol. The fourth-order valence-corrected chi connectivity index (χ4v) is 4.20. The van der Waals surface area contributed by atoms with Crippen molar-refractivity contribution in [1.82, 2.24) is 5.32 Å². The Labute approximate surface area is 144 Å². The van der Waals surface area contributed by atoms with Gasteiger partial charge in [0.25, 0.3) is 0 Å². The van der Waals surface area contributed by atoms with Crippen LogP contribution in [0.2, 0.25) is 5.02 Å². The van der Waals surface area contributed by atoms with E-state index < -0.39 is 0 Å². The summed E-state index contributed by atoms with van der Waals surface area (Å²) in [4.78, 5) is 1.39. The largest absolute Gasteiger partial charge is 0.316 e. The van der Waals surface area contributed by atoms with E-state index in [9.17, 15) is 0 Å². The second kappa shape index (κ2) is 8.33. The molecule has 4 heteroatoms. The first-order valence-electron chi connectivity index (χ1n) is 7.25. The summed E-state index contributed by atoms with van der Waals surface area (Å²) in [6, 6.07) is 12.5. The van der Waals surface area contributed by atoms with Crippen LogP contribution in [-0.4, -0.2) is 13.1 Å². The molecule has 1 aromatic heterocycles. The molecule has 0 spiro atoms. The SMILES string of the molecule is CC(C)CNCC(Cc1ccc(Br)s1)c1ccccc1Cl. The Morgan fingerprint density at radius 1 is 1.14 bits per heavy atom. The van der Waals surface area contributed by atoms with E-state index in [1.165, 1.54) is 14.2 Å². The number of nitrogens with one attached hydrogen (secondary N) is 1. The van der Waals surface area contributed by atoms with Gasteiger partial charge < -0.3 is 5.32 Å². The third-order valence-electron chi connectivity index (χ3n) is 3.36. The Balaban J connectivity index is 2.12. The summed E-state index contributed by atoms with van der Waals surface area (Å²) in [5.74, 6) is 1.07. The number of thiophene rings is 1. The van der Waals surface area contributed by atoms with Crippen LogP contribution in [0.5, 0.6) is 0 Å². The molecule has 0 aliphatic rings. The van der Waals surface area contributed by atoms with Crippen LogP contribution >= 0.6 is 38.9 Å². The first kappa shape index (κ1) is 17.0. The summed E-state index contributed by atoms with van der Waals surface area (Å²) < 4.78 is 1.19. The summed E-state index contributed by atoms with van der Waals surface area (Å²) in [5.41, 5.74) is 1.24. The zero-order valence-corrected chi connectivity index (χ0v) is 15.6. The molecule has 21 heavy (non-hydrogen) atoms. The van der Waals surface area contributed by atoms with Crippen LogP contribution in [0.25, 0.3) is 0 Å². The fraction of sp³-hybridized carbons (Fsp3) is 0.412. The summed E-state index contributed by atoms with van der Waals surface area (Å²) in [7, 11) is 0. The smallest absolute Gasteiger partial charge is 0.0701 e. The number of halogens is 2. The predicted molar refractivity (Wildman–Crippen MR) is 97.6 cm³/mol. The molecule has 0 radical (unpaired) electrons. The van der Waals surface area contributed by atoms with Gasteiger partial charge in [0.15, 0.2) is 0 Å². The monoisotopic (exact) mass is 385 g/mol. The lowest BCUT2D eigenvalue weighted by molar-refractivity contribution is 0.515. The topological polar surface area (TPSA) is 12.0 Å². The highest BCUT2D eigenvalue weighted by Crippen LogP contribution is 2.31. The van der Waals surface area contributed by atoms with Crippen molar-refractivity contribution in [3.63, 3.8) is 0 Å².